The van der Waals surface area contributed by atoms with Gasteiger partial charge in [-0.15, -0.1) is 0 Å². The van der Waals surface area contributed by atoms with Crippen molar-refractivity contribution in [1.29, 1.82) is 0 Å². The molecule has 12 heavy (non-hydrogen) atoms. The van der Waals surface area contributed by atoms with E-state index in [0.29, 0.717) is 5.54 Å². The van der Waals surface area contributed by atoms with E-state index in [1.165, 1.54) is 5.56 Å². The van der Waals surface area contributed by atoms with Crippen LogP contribution in [0.15, 0.2) is 41.3 Å². The van der Waals surface area contributed by atoms with Crippen LogP contribution in [0.4, 0.5) is 0 Å². The Labute approximate surface area is 90.2 Å². The van der Waals surface area contributed by atoms with Gasteiger partial charge in [0.25, 0.3) is 5.54 Å². The Balaban J connectivity index is 2.52. The molecule has 1 aromatic rings. The molecule has 0 atom stereocenters. The van der Waals surface area contributed by atoms with Crippen LogP contribution >= 0.6 is 31.7 Å². The molecule has 0 saturated heterocycles. The summed E-state index contributed by atoms with van der Waals surface area (Å²) >= 11 is 6.81. The van der Waals surface area contributed by atoms with Gasteiger partial charge in [-0.25, -0.2) is 0 Å². The SMILES string of the molecule is Br/C=C\B(Br)Cc1ccccc1. The fourth-order valence-electron chi connectivity index (χ4n) is 0.986. The minimum Gasteiger partial charge on any atom is -0.150 e. The molecule has 3 heteroatoms. The molecule has 0 nitrogen and oxygen atoms in total. The lowest BCUT2D eigenvalue weighted by Gasteiger charge is -1.99. The van der Waals surface area contributed by atoms with Gasteiger partial charge in [0.15, 0.2) is 0 Å². The van der Waals surface area contributed by atoms with Gasteiger partial charge in [-0.1, -0.05) is 57.8 Å². The van der Waals surface area contributed by atoms with E-state index >= 15 is 0 Å². The third kappa shape index (κ3) is 3.59. The summed E-state index contributed by atoms with van der Waals surface area (Å²) in [4.78, 5) is 1.88. The van der Waals surface area contributed by atoms with Crippen molar-refractivity contribution in [3.63, 3.8) is 0 Å². The number of hydrogen-bond acceptors (Lipinski definition) is 0. The Bertz CT molecular complexity index is 246. The van der Waals surface area contributed by atoms with E-state index in [1.54, 1.807) is 0 Å². The van der Waals surface area contributed by atoms with Crippen LogP contribution in [0.25, 0.3) is 0 Å². The van der Waals surface area contributed by atoms with Gasteiger partial charge in [-0.3, -0.25) is 0 Å². The minimum absolute atomic E-state index is 0.416. The molecule has 1 rings (SSSR count). The maximum Gasteiger partial charge on any atom is 0.252 e. The Kier molecular flexibility index (Phi) is 4.70. The van der Waals surface area contributed by atoms with Crippen LogP contribution in [-0.2, 0) is 6.32 Å². The summed E-state index contributed by atoms with van der Waals surface area (Å²) in [5.41, 5.74) is 1.77. The Hall–Kier alpha value is -0.0151. The summed E-state index contributed by atoms with van der Waals surface area (Å²) in [6.45, 7) is 0. The van der Waals surface area contributed by atoms with Crippen LogP contribution in [-0.4, -0.2) is 5.54 Å². The molecule has 62 valence electrons. The zero-order valence-corrected chi connectivity index (χ0v) is 9.75. The van der Waals surface area contributed by atoms with Gasteiger partial charge in [0.1, 0.15) is 0 Å². The van der Waals surface area contributed by atoms with E-state index in [1.807, 2.05) is 11.1 Å². The van der Waals surface area contributed by atoms with Crippen molar-refractivity contribution < 1.29 is 0 Å². The molecule has 0 amide bonds. The normalized spacial score (nSPS) is 10.5. The fraction of sp³-hybridized carbons (Fsp3) is 0.111. The number of rotatable bonds is 3. The predicted octanol–water partition coefficient (Wildman–Crippen LogP) is 3.60. The van der Waals surface area contributed by atoms with E-state index in [-0.39, 0.29) is 0 Å². The molecule has 0 aliphatic carbocycles. The summed E-state index contributed by atoms with van der Waals surface area (Å²) in [5, 5.41) is 0. The Morgan fingerprint density at radius 3 is 2.50 bits per heavy atom. The molecule has 1 aromatic carbocycles. The Morgan fingerprint density at radius 2 is 1.92 bits per heavy atom. The van der Waals surface area contributed by atoms with Crippen LogP contribution < -0.4 is 0 Å². The first-order valence-electron chi connectivity index (χ1n) is 3.78. The zero-order valence-electron chi connectivity index (χ0n) is 6.58. The molecule has 0 fully saturated rings. The molecule has 0 N–H and O–H groups in total. The van der Waals surface area contributed by atoms with Crippen molar-refractivity contribution in [2.24, 2.45) is 0 Å². The van der Waals surface area contributed by atoms with E-state index in [4.69, 9.17) is 0 Å². The second-order valence-electron chi connectivity index (χ2n) is 2.52. The van der Waals surface area contributed by atoms with E-state index in [9.17, 15) is 0 Å². The second kappa shape index (κ2) is 5.60. The van der Waals surface area contributed by atoms with Gasteiger partial charge in [0.05, 0.1) is 0 Å². The zero-order chi connectivity index (χ0) is 8.81. The van der Waals surface area contributed by atoms with Gasteiger partial charge < -0.3 is 0 Å². The first kappa shape index (κ1) is 10.1. The van der Waals surface area contributed by atoms with Crippen molar-refractivity contribution in [1.82, 2.24) is 0 Å². The highest BCUT2D eigenvalue weighted by Gasteiger charge is 2.04. The summed E-state index contributed by atoms with van der Waals surface area (Å²) < 4.78 is 0. The van der Waals surface area contributed by atoms with Crippen molar-refractivity contribution in [3.8, 4) is 0 Å². The average molecular weight is 288 g/mol. The molecule has 0 bridgehead atoms. The largest absolute Gasteiger partial charge is 0.252 e. The van der Waals surface area contributed by atoms with E-state index < -0.39 is 0 Å². The third-order valence-corrected chi connectivity index (χ3v) is 2.49. The highest BCUT2D eigenvalue weighted by atomic mass is 79.9. The summed E-state index contributed by atoms with van der Waals surface area (Å²) in [5.74, 6) is 2.08. The van der Waals surface area contributed by atoms with Gasteiger partial charge in [0, 0.05) is 0 Å². The van der Waals surface area contributed by atoms with E-state index in [2.05, 4.69) is 61.9 Å². The maximum atomic E-state index is 3.56. The lowest BCUT2D eigenvalue weighted by Crippen LogP contribution is -2.03. The van der Waals surface area contributed by atoms with Crippen molar-refractivity contribution in [2.75, 3.05) is 0 Å². The Morgan fingerprint density at radius 1 is 1.25 bits per heavy atom. The third-order valence-electron chi connectivity index (χ3n) is 1.56. The fourth-order valence-corrected chi connectivity index (χ4v) is 2.29. The molecule has 0 spiro atoms. The number of hydrogen-bond donors (Lipinski definition) is 0. The van der Waals surface area contributed by atoms with Crippen LogP contribution in [0.1, 0.15) is 5.56 Å². The average Bonchev–Trinajstić information content (AvgIpc) is 2.06. The monoisotopic (exact) mass is 286 g/mol. The maximum absolute atomic E-state index is 3.56. The first-order valence-corrected chi connectivity index (χ1v) is 5.61. The topological polar surface area (TPSA) is 0 Å². The summed E-state index contributed by atoms with van der Waals surface area (Å²) in [7, 11) is 0. The number of benzene rings is 1. The molecule has 0 aromatic heterocycles. The standard InChI is InChI=1S/C9H9BBr2/c11-7-6-10(12)8-9-4-2-1-3-5-9/h1-7H,8H2/b7-6-. The van der Waals surface area contributed by atoms with Gasteiger partial charge >= 0.3 is 0 Å². The predicted molar refractivity (Wildman–Crippen MR) is 62.9 cm³/mol. The van der Waals surface area contributed by atoms with E-state index in [0.717, 1.165) is 6.32 Å². The highest BCUT2D eigenvalue weighted by Crippen LogP contribution is 2.07. The molecule has 0 radical (unpaired) electrons. The van der Waals surface area contributed by atoms with Crippen LogP contribution in [0.3, 0.4) is 0 Å². The molecular weight excluding hydrogens is 279 g/mol. The smallest absolute Gasteiger partial charge is 0.150 e. The van der Waals surface area contributed by atoms with Gasteiger partial charge in [-0.05, 0) is 11.3 Å². The first-order chi connectivity index (χ1) is 5.83. The molecule has 0 saturated carbocycles. The number of halogens is 2. The second-order valence-corrected chi connectivity index (χ2v) is 4.23. The van der Waals surface area contributed by atoms with Crippen molar-refractivity contribution in [3.05, 3.63) is 46.9 Å². The molecule has 0 unspecified atom stereocenters. The van der Waals surface area contributed by atoms with Gasteiger partial charge in [0.2, 0.25) is 0 Å². The quantitative estimate of drug-likeness (QED) is 0.745. The lowest BCUT2D eigenvalue weighted by molar-refractivity contribution is 1.39. The van der Waals surface area contributed by atoms with Crippen molar-refractivity contribution >= 4 is 37.2 Å². The molecule has 0 heterocycles. The van der Waals surface area contributed by atoms with Crippen molar-refractivity contribution in [2.45, 2.75) is 6.32 Å². The summed E-state index contributed by atoms with van der Waals surface area (Å²) in [6.07, 6.45) is 1.03. The van der Waals surface area contributed by atoms with Crippen LogP contribution in [0, 0.1) is 0 Å². The molecular formula is C9H9BBr2. The van der Waals surface area contributed by atoms with Crippen LogP contribution in [0.2, 0.25) is 0 Å². The summed E-state index contributed by atoms with van der Waals surface area (Å²) in [6, 6.07) is 10.4. The lowest BCUT2D eigenvalue weighted by atomic mass is 9.72. The van der Waals surface area contributed by atoms with Crippen LogP contribution in [0.5, 0.6) is 0 Å². The van der Waals surface area contributed by atoms with Gasteiger partial charge in [-0.2, -0.15) is 15.8 Å². The highest BCUT2D eigenvalue weighted by molar-refractivity contribution is 9.24. The molecule has 0 aliphatic heterocycles. The minimum atomic E-state index is 0.416. The molecule has 0 aliphatic rings.